The van der Waals surface area contributed by atoms with Gasteiger partial charge in [0.15, 0.2) is 0 Å². The molecule has 1 unspecified atom stereocenters. The van der Waals surface area contributed by atoms with Crippen LogP contribution in [-0.2, 0) is 14.3 Å². The fraction of sp³-hybridized carbons (Fsp3) is 0.909. The van der Waals surface area contributed by atoms with Gasteiger partial charge in [-0.2, -0.15) is 0 Å². The zero-order chi connectivity index (χ0) is 22.9. The molecule has 8 heteroatoms. The summed E-state index contributed by atoms with van der Waals surface area (Å²) in [6.07, 6.45) is 3.92. The minimum absolute atomic E-state index is 0.292. The smallest absolute Gasteiger partial charge is 0.412 e. The van der Waals surface area contributed by atoms with Crippen molar-refractivity contribution in [3.8, 4) is 0 Å². The molecule has 1 saturated carbocycles. The van der Waals surface area contributed by atoms with E-state index in [0.717, 1.165) is 37.0 Å². The van der Waals surface area contributed by atoms with Gasteiger partial charge in [0.05, 0.1) is 6.04 Å². The third kappa shape index (κ3) is 5.31. The maximum Gasteiger partial charge on any atom is 0.412 e. The second-order valence-corrected chi connectivity index (χ2v) is 10.3. The molecule has 0 radical (unpaired) electrons. The lowest BCUT2D eigenvalue weighted by Crippen LogP contribution is -2.57. The lowest BCUT2D eigenvalue weighted by Gasteiger charge is -2.37. The molecule has 1 heterocycles. The van der Waals surface area contributed by atoms with E-state index in [0.29, 0.717) is 12.3 Å². The van der Waals surface area contributed by atoms with Gasteiger partial charge in [-0.3, -0.25) is 14.6 Å². The van der Waals surface area contributed by atoms with Gasteiger partial charge in [-0.25, -0.2) is 13.6 Å². The summed E-state index contributed by atoms with van der Waals surface area (Å²) in [6, 6.07) is -0.716. The molecule has 174 valence electrons. The predicted octanol–water partition coefficient (Wildman–Crippen LogP) is 4.46. The minimum Gasteiger partial charge on any atom is -0.444 e. The number of hydrogen-bond acceptors (Lipinski definition) is 5. The van der Waals surface area contributed by atoms with E-state index in [2.05, 4.69) is 0 Å². The highest BCUT2D eigenvalue weighted by atomic mass is 19.2. The van der Waals surface area contributed by atoms with Crippen LogP contribution in [0, 0.1) is 5.92 Å². The molecule has 1 saturated heterocycles. The predicted molar refractivity (Wildman–Crippen MR) is 111 cm³/mol. The number of hydrogen-bond donors (Lipinski definition) is 0. The molecule has 1 aliphatic carbocycles. The summed E-state index contributed by atoms with van der Waals surface area (Å²) in [6.45, 7) is 7.11. The Morgan fingerprint density at radius 1 is 1.17 bits per heavy atom. The third-order valence-corrected chi connectivity index (χ3v) is 6.09. The molecule has 0 N–H and O–H groups in total. The van der Waals surface area contributed by atoms with E-state index < -0.39 is 47.8 Å². The molecular weight excluding hydrogens is 394 g/mol. The van der Waals surface area contributed by atoms with Crippen molar-refractivity contribution in [2.24, 2.45) is 5.92 Å². The highest BCUT2D eigenvalue weighted by Crippen LogP contribution is 2.41. The maximum absolute atomic E-state index is 15.3. The van der Waals surface area contributed by atoms with E-state index in [9.17, 15) is 14.0 Å². The molecule has 0 aromatic heterocycles. The minimum atomic E-state index is -2.81. The molecule has 0 aromatic carbocycles. The Bertz CT molecular complexity index is 629. The Morgan fingerprint density at radius 3 is 2.20 bits per heavy atom. The van der Waals surface area contributed by atoms with Crippen LogP contribution >= 0.6 is 0 Å². The van der Waals surface area contributed by atoms with Gasteiger partial charge in [0.1, 0.15) is 24.1 Å². The Labute approximate surface area is 179 Å². The van der Waals surface area contributed by atoms with Crippen molar-refractivity contribution in [3.05, 3.63) is 0 Å². The standard InChI is InChI=1S/C22H38F2N2O4/c1-20(2,3)30-19(28)26-16(13-15-11-9-8-10-12-15)17(29-21(26,4)5)18(27)22(24,14-23)25(6)7/h15-17H,8-14H2,1-7H3/t16-,17+,22?/m0/s1. The molecule has 0 aromatic rings. The first-order valence-corrected chi connectivity index (χ1v) is 10.9. The van der Waals surface area contributed by atoms with Gasteiger partial charge in [-0.1, -0.05) is 32.1 Å². The summed E-state index contributed by atoms with van der Waals surface area (Å²) in [5.74, 6) is -3.51. The number of ketones is 1. The molecule has 0 bridgehead atoms. The molecule has 2 fully saturated rings. The summed E-state index contributed by atoms with van der Waals surface area (Å²) < 4.78 is 40.5. The van der Waals surface area contributed by atoms with Crippen LogP contribution in [0.1, 0.15) is 73.1 Å². The lowest BCUT2D eigenvalue weighted by molar-refractivity contribution is -0.160. The lowest BCUT2D eigenvalue weighted by atomic mass is 9.82. The molecule has 0 spiro atoms. The molecule has 1 aliphatic heterocycles. The molecule has 2 rings (SSSR count). The first-order valence-electron chi connectivity index (χ1n) is 10.9. The van der Waals surface area contributed by atoms with Crippen molar-refractivity contribution in [2.75, 3.05) is 20.8 Å². The van der Waals surface area contributed by atoms with Gasteiger partial charge < -0.3 is 9.47 Å². The molecule has 6 nitrogen and oxygen atoms in total. The average Bonchev–Trinajstić information content (AvgIpc) is 2.89. The number of amides is 1. The number of rotatable bonds is 6. The fourth-order valence-electron chi connectivity index (χ4n) is 4.49. The van der Waals surface area contributed by atoms with Crippen LogP contribution in [0.3, 0.4) is 0 Å². The number of carbonyl (C=O) groups excluding carboxylic acids is 2. The number of carbonyl (C=O) groups is 2. The average molecular weight is 433 g/mol. The summed E-state index contributed by atoms with van der Waals surface area (Å²) >= 11 is 0. The highest BCUT2D eigenvalue weighted by molar-refractivity contribution is 5.92. The Kier molecular flexibility index (Phi) is 7.55. The third-order valence-electron chi connectivity index (χ3n) is 6.09. The van der Waals surface area contributed by atoms with Gasteiger partial charge in [0, 0.05) is 0 Å². The van der Waals surface area contributed by atoms with Crippen LogP contribution in [0.15, 0.2) is 0 Å². The van der Waals surface area contributed by atoms with Crippen molar-refractivity contribution < 1.29 is 27.8 Å². The van der Waals surface area contributed by atoms with Crippen molar-refractivity contribution in [1.29, 1.82) is 0 Å². The van der Waals surface area contributed by atoms with Crippen LogP contribution < -0.4 is 0 Å². The van der Waals surface area contributed by atoms with Crippen molar-refractivity contribution in [2.45, 2.75) is 102 Å². The first kappa shape index (κ1) is 25.0. The van der Waals surface area contributed by atoms with Gasteiger partial charge in [-0.15, -0.1) is 0 Å². The molecule has 3 atom stereocenters. The van der Waals surface area contributed by atoms with Crippen LogP contribution in [0.25, 0.3) is 0 Å². The second-order valence-electron chi connectivity index (χ2n) is 10.3. The number of Topliss-reactive ketones (excluding diaryl/α,β-unsaturated/α-hetero) is 1. The van der Waals surface area contributed by atoms with E-state index in [-0.39, 0.29) is 0 Å². The SMILES string of the molecule is CN(C)C(F)(CF)C(=O)[C@@H]1OC(C)(C)N(C(=O)OC(C)(C)C)[C@H]1CC1CCCCC1. The number of nitrogens with zero attached hydrogens (tertiary/aromatic N) is 2. The van der Waals surface area contributed by atoms with Crippen molar-refractivity contribution in [1.82, 2.24) is 9.80 Å². The van der Waals surface area contributed by atoms with Gasteiger partial charge in [0.25, 0.3) is 5.79 Å². The van der Waals surface area contributed by atoms with Crippen LogP contribution in [-0.4, -0.2) is 71.7 Å². The molecule has 2 aliphatic rings. The zero-order valence-electron chi connectivity index (χ0n) is 19.5. The fourth-order valence-corrected chi connectivity index (χ4v) is 4.49. The molecule has 1 amide bonds. The highest BCUT2D eigenvalue weighted by Gasteiger charge is 2.58. The number of likely N-dealkylation sites (N-methyl/N-ethyl adjacent to an activating group) is 1. The van der Waals surface area contributed by atoms with E-state index in [1.807, 2.05) is 0 Å². The summed E-state index contributed by atoms with van der Waals surface area (Å²) in [5, 5.41) is 0. The van der Waals surface area contributed by atoms with E-state index in [1.54, 1.807) is 34.6 Å². The van der Waals surface area contributed by atoms with E-state index in [1.165, 1.54) is 19.0 Å². The molecule has 30 heavy (non-hydrogen) atoms. The first-order chi connectivity index (χ1) is 13.7. The van der Waals surface area contributed by atoms with Crippen LogP contribution in [0.2, 0.25) is 0 Å². The summed E-state index contributed by atoms with van der Waals surface area (Å²) in [4.78, 5) is 28.6. The number of alkyl halides is 2. The van der Waals surface area contributed by atoms with Gasteiger partial charge in [-0.05, 0) is 61.1 Å². The Balaban J connectivity index is 2.41. The van der Waals surface area contributed by atoms with Crippen molar-refractivity contribution in [3.63, 3.8) is 0 Å². The monoisotopic (exact) mass is 432 g/mol. The largest absolute Gasteiger partial charge is 0.444 e. The van der Waals surface area contributed by atoms with Gasteiger partial charge >= 0.3 is 6.09 Å². The maximum atomic E-state index is 15.3. The Morgan fingerprint density at radius 2 is 1.73 bits per heavy atom. The quantitative estimate of drug-likeness (QED) is 0.580. The zero-order valence-corrected chi connectivity index (χ0v) is 19.5. The van der Waals surface area contributed by atoms with Crippen LogP contribution in [0.5, 0.6) is 0 Å². The second kappa shape index (κ2) is 9.07. The number of halogens is 2. The summed E-state index contributed by atoms with van der Waals surface area (Å²) in [5.41, 5.74) is -1.93. The van der Waals surface area contributed by atoms with Crippen LogP contribution in [0.4, 0.5) is 13.6 Å². The van der Waals surface area contributed by atoms with Gasteiger partial charge in [0.2, 0.25) is 5.78 Å². The molecular formula is C22H38F2N2O4. The van der Waals surface area contributed by atoms with E-state index in [4.69, 9.17) is 9.47 Å². The van der Waals surface area contributed by atoms with E-state index >= 15 is 4.39 Å². The topological polar surface area (TPSA) is 59.1 Å². The number of ether oxygens (including phenoxy) is 2. The summed E-state index contributed by atoms with van der Waals surface area (Å²) in [7, 11) is 2.64. The normalized spacial score (nSPS) is 27.2. The van der Waals surface area contributed by atoms with Crippen molar-refractivity contribution >= 4 is 11.9 Å². The Hall–Kier alpha value is -1.28.